The molecule has 0 aliphatic rings. The van der Waals surface area contributed by atoms with Crippen molar-refractivity contribution in [1.29, 1.82) is 5.26 Å². The molecule has 126 valence electrons. The first-order valence-electron chi connectivity index (χ1n) is 7.63. The van der Waals surface area contributed by atoms with E-state index in [2.05, 4.69) is 32.2 Å². The Kier molecular flexibility index (Phi) is 5.31. The van der Waals surface area contributed by atoms with Crippen molar-refractivity contribution < 1.29 is 9.84 Å². The van der Waals surface area contributed by atoms with Gasteiger partial charge in [-0.05, 0) is 51.8 Å². The number of phenols is 1. The van der Waals surface area contributed by atoms with Crippen molar-refractivity contribution in [1.82, 2.24) is 14.8 Å². The molecule has 6 nitrogen and oxygen atoms in total. The van der Waals surface area contributed by atoms with E-state index in [4.69, 9.17) is 10.00 Å². The van der Waals surface area contributed by atoms with E-state index in [9.17, 15) is 5.11 Å². The lowest BCUT2D eigenvalue weighted by molar-refractivity contribution is 0.288. The van der Waals surface area contributed by atoms with E-state index in [1.54, 1.807) is 43.0 Å². The number of benzene rings is 2. The van der Waals surface area contributed by atoms with E-state index in [1.807, 2.05) is 16.7 Å². The highest BCUT2D eigenvalue weighted by Crippen LogP contribution is 2.28. The average Bonchev–Trinajstić information content (AvgIpc) is 3.16. The van der Waals surface area contributed by atoms with Crippen molar-refractivity contribution in [3.63, 3.8) is 0 Å². The second kappa shape index (κ2) is 7.81. The monoisotopic (exact) mass is 398 g/mol. The van der Waals surface area contributed by atoms with Crippen molar-refractivity contribution in [2.75, 3.05) is 6.61 Å². The van der Waals surface area contributed by atoms with Gasteiger partial charge in [0.15, 0.2) is 0 Å². The van der Waals surface area contributed by atoms with Gasteiger partial charge in [0, 0.05) is 6.42 Å². The molecule has 0 fully saturated rings. The Balaban J connectivity index is 1.72. The summed E-state index contributed by atoms with van der Waals surface area (Å²) in [5.74, 6) is 0.847. The van der Waals surface area contributed by atoms with Crippen molar-refractivity contribution in [3.8, 4) is 17.6 Å². The van der Waals surface area contributed by atoms with Crippen LogP contribution in [0.4, 0.5) is 0 Å². The van der Waals surface area contributed by atoms with Crippen LogP contribution in [-0.4, -0.2) is 26.5 Å². The molecule has 1 atom stereocenters. The maximum atomic E-state index is 9.53. The smallest absolute Gasteiger partial charge is 0.130 e. The van der Waals surface area contributed by atoms with Crippen LogP contribution in [-0.2, 0) is 0 Å². The van der Waals surface area contributed by atoms with Crippen LogP contribution in [0.25, 0.3) is 0 Å². The second-order valence-corrected chi connectivity index (χ2v) is 6.26. The fourth-order valence-electron chi connectivity index (χ4n) is 2.50. The molecule has 0 radical (unpaired) electrons. The predicted molar refractivity (Wildman–Crippen MR) is 95.2 cm³/mol. The van der Waals surface area contributed by atoms with Gasteiger partial charge in [-0.1, -0.05) is 12.1 Å². The van der Waals surface area contributed by atoms with E-state index >= 15 is 0 Å². The van der Waals surface area contributed by atoms with Gasteiger partial charge in [0.05, 0.1) is 28.8 Å². The Morgan fingerprint density at radius 3 is 2.52 bits per heavy atom. The van der Waals surface area contributed by atoms with Gasteiger partial charge in [-0.2, -0.15) is 5.26 Å². The summed E-state index contributed by atoms with van der Waals surface area (Å²) in [7, 11) is 0. The number of nitriles is 1. The molecule has 1 heterocycles. The maximum Gasteiger partial charge on any atom is 0.130 e. The molecule has 2 aromatic carbocycles. The first-order valence-corrected chi connectivity index (χ1v) is 8.42. The van der Waals surface area contributed by atoms with Crippen molar-refractivity contribution >= 4 is 15.9 Å². The molecule has 0 bridgehead atoms. The molecule has 0 aliphatic carbocycles. The van der Waals surface area contributed by atoms with E-state index in [1.165, 1.54) is 0 Å². The molecular formula is C18H15BrN4O2. The number of halogens is 1. The molecule has 0 saturated heterocycles. The fraction of sp³-hybridized carbons (Fsp3) is 0.167. The molecule has 3 aromatic rings. The van der Waals surface area contributed by atoms with Gasteiger partial charge >= 0.3 is 0 Å². The number of nitrogens with zero attached hydrogens (tertiary/aromatic N) is 4. The number of ether oxygens (including phenoxy) is 1. The summed E-state index contributed by atoms with van der Waals surface area (Å²) in [4.78, 5) is 0. The molecule has 7 heteroatoms. The standard InChI is InChI=1S/C18H15BrN4O2/c19-16-9-15(5-6-18(16)24)25-8-7-17(23-11-21-22-12-23)14-3-1-13(10-20)2-4-14/h1-6,9,11-12,17,24H,7-8H2. The summed E-state index contributed by atoms with van der Waals surface area (Å²) in [6.45, 7) is 0.472. The summed E-state index contributed by atoms with van der Waals surface area (Å²) in [6, 6.07) is 14.6. The van der Waals surface area contributed by atoms with Crippen LogP contribution in [0, 0.1) is 11.3 Å². The maximum absolute atomic E-state index is 9.53. The summed E-state index contributed by atoms with van der Waals surface area (Å²) in [5.41, 5.74) is 1.67. The average molecular weight is 399 g/mol. The fourth-order valence-corrected chi connectivity index (χ4v) is 2.86. The Hall–Kier alpha value is -2.85. The molecule has 1 aromatic heterocycles. The van der Waals surface area contributed by atoms with Gasteiger partial charge in [0.1, 0.15) is 24.2 Å². The van der Waals surface area contributed by atoms with Gasteiger partial charge < -0.3 is 14.4 Å². The summed E-state index contributed by atoms with van der Waals surface area (Å²) < 4.78 is 8.29. The summed E-state index contributed by atoms with van der Waals surface area (Å²) in [5, 5.41) is 26.2. The molecule has 1 N–H and O–H groups in total. The zero-order valence-electron chi connectivity index (χ0n) is 13.2. The highest BCUT2D eigenvalue weighted by molar-refractivity contribution is 9.10. The zero-order valence-corrected chi connectivity index (χ0v) is 14.8. The second-order valence-electron chi connectivity index (χ2n) is 5.41. The van der Waals surface area contributed by atoms with Gasteiger partial charge in [0.2, 0.25) is 0 Å². The van der Waals surface area contributed by atoms with E-state index in [0.717, 1.165) is 5.56 Å². The van der Waals surface area contributed by atoms with Crippen LogP contribution >= 0.6 is 15.9 Å². The Bertz CT molecular complexity index is 873. The van der Waals surface area contributed by atoms with Crippen molar-refractivity contribution in [3.05, 3.63) is 70.7 Å². The van der Waals surface area contributed by atoms with Crippen molar-refractivity contribution in [2.45, 2.75) is 12.5 Å². The van der Waals surface area contributed by atoms with Crippen LogP contribution in [0.15, 0.2) is 59.6 Å². The number of aromatic nitrogens is 3. The van der Waals surface area contributed by atoms with E-state index < -0.39 is 0 Å². The van der Waals surface area contributed by atoms with E-state index in [-0.39, 0.29) is 11.8 Å². The summed E-state index contributed by atoms with van der Waals surface area (Å²) in [6.07, 6.45) is 4.03. The third-order valence-corrected chi connectivity index (χ3v) is 4.44. The number of hydrogen-bond acceptors (Lipinski definition) is 5. The Morgan fingerprint density at radius 1 is 1.16 bits per heavy atom. The lowest BCUT2D eigenvalue weighted by Crippen LogP contribution is -2.13. The van der Waals surface area contributed by atoms with Crippen LogP contribution in [0.5, 0.6) is 11.5 Å². The van der Waals surface area contributed by atoms with Gasteiger partial charge in [-0.15, -0.1) is 10.2 Å². The third-order valence-electron chi connectivity index (χ3n) is 3.80. The van der Waals surface area contributed by atoms with Crippen LogP contribution < -0.4 is 4.74 Å². The van der Waals surface area contributed by atoms with Gasteiger partial charge in [-0.25, -0.2) is 0 Å². The highest BCUT2D eigenvalue weighted by atomic mass is 79.9. The van der Waals surface area contributed by atoms with Gasteiger partial charge in [-0.3, -0.25) is 0 Å². The zero-order chi connectivity index (χ0) is 17.6. The van der Waals surface area contributed by atoms with Crippen LogP contribution in [0.2, 0.25) is 0 Å². The van der Waals surface area contributed by atoms with Gasteiger partial charge in [0.25, 0.3) is 0 Å². The minimum absolute atomic E-state index is 0.00305. The van der Waals surface area contributed by atoms with Crippen LogP contribution in [0.3, 0.4) is 0 Å². The molecule has 1 unspecified atom stereocenters. The number of aromatic hydroxyl groups is 1. The minimum Gasteiger partial charge on any atom is -0.507 e. The Morgan fingerprint density at radius 2 is 1.88 bits per heavy atom. The molecule has 25 heavy (non-hydrogen) atoms. The van der Waals surface area contributed by atoms with Crippen molar-refractivity contribution in [2.24, 2.45) is 0 Å². The number of hydrogen-bond donors (Lipinski definition) is 1. The normalized spacial score (nSPS) is 11.7. The summed E-state index contributed by atoms with van der Waals surface area (Å²) >= 11 is 3.27. The first kappa shape index (κ1) is 17.0. The highest BCUT2D eigenvalue weighted by Gasteiger charge is 2.14. The lowest BCUT2D eigenvalue weighted by atomic mass is 10.0. The first-order chi connectivity index (χ1) is 12.2. The number of phenolic OH excluding ortho intramolecular Hbond substituents is 1. The molecular weight excluding hydrogens is 384 g/mol. The predicted octanol–water partition coefficient (Wildman–Crippen LogP) is 3.68. The number of rotatable bonds is 6. The largest absolute Gasteiger partial charge is 0.507 e. The third kappa shape index (κ3) is 4.17. The molecule has 0 saturated carbocycles. The topological polar surface area (TPSA) is 84.0 Å². The lowest BCUT2D eigenvalue weighted by Gasteiger charge is -2.19. The quantitative estimate of drug-likeness (QED) is 0.684. The molecule has 0 spiro atoms. The molecule has 0 amide bonds. The Labute approximate surface area is 153 Å². The molecule has 0 aliphatic heterocycles. The van der Waals surface area contributed by atoms with Crippen LogP contribution in [0.1, 0.15) is 23.6 Å². The molecule has 3 rings (SSSR count). The SMILES string of the molecule is N#Cc1ccc(C(CCOc2ccc(O)c(Br)c2)n2cnnc2)cc1. The van der Waals surface area contributed by atoms with E-state index in [0.29, 0.717) is 28.8 Å². The minimum atomic E-state index is 0.00305.